The van der Waals surface area contributed by atoms with Crippen molar-refractivity contribution in [3.05, 3.63) is 77.9 Å². The van der Waals surface area contributed by atoms with E-state index < -0.39 is 16.1 Å². The van der Waals surface area contributed by atoms with E-state index in [1.807, 2.05) is 56.3 Å². The first-order chi connectivity index (χ1) is 22.1. The van der Waals surface area contributed by atoms with Crippen LogP contribution in [0.25, 0.3) is 0 Å². The lowest BCUT2D eigenvalue weighted by atomic mass is 10.1. The molecule has 1 atom stereocenters. The van der Waals surface area contributed by atoms with Crippen LogP contribution < -0.4 is 25.3 Å². The lowest BCUT2D eigenvalue weighted by Gasteiger charge is -2.30. The third kappa shape index (κ3) is 9.51. The lowest BCUT2D eigenvalue weighted by molar-refractivity contribution is 0.172. The summed E-state index contributed by atoms with van der Waals surface area (Å²) in [6.45, 7) is 5.38. The van der Waals surface area contributed by atoms with Gasteiger partial charge in [-0.05, 0) is 84.8 Å². The maximum atomic E-state index is 13.6. The number of methoxy groups -OCH3 is 1. The minimum atomic E-state index is -3.84. The molecule has 12 heteroatoms. The number of anilines is 1. The number of nitrogen functional groups attached to an aromatic ring is 1. The minimum Gasteiger partial charge on any atom is -0.497 e. The number of benzene rings is 3. The maximum Gasteiger partial charge on any atom is 0.318 e. The van der Waals surface area contributed by atoms with E-state index in [0.29, 0.717) is 69.0 Å². The van der Waals surface area contributed by atoms with Crippen molar-refractivity contribution in [3.8, 4) is 17.2 Å². The molecule has 250 valence electrons. The van der Waals surface area contributed by atoms with Gasteiger partial charge in [-0.15, -0.1) is 0 Å². The predicted molar refractivity (Wildman–Crippen MR) is 177 cm³/mol. The standard InChI is InChI=1S/C34H46N4O7S/c1-25(2)17-19-38(46(41,42)31-14-10-28(35)11-15-31)29(23-39)6-4-5-18-36-34(40)37(21-26-7-12-30(43-3)13-8-26)22-27-9-16-32-33(20-27)45-24-44-32/h7-16,20,25,29,39H,4-6,17-19,21-24,35H2,1-3H3,(H,36,40)/t29-/m0/s1. The second-order valence-corrected chi connectivity index (χ2v) is 13.7. The van der Waals surface area contributed by atoms with Gasteiger partial charge in [0.1, 0.15) is 5.75 Å². The summed E-state index contributed by atoms with van der Waals surface area (Å²) in [5, 5.41) is 13.3. The molecule has 0 saturated heterocycles. The van der Waals surface area contributed by atoms with E-state index in [4.69, 9.17) is 19.9 Å². The Kier molecular flexibility index (Phi) is 12.5. The molecule has 0 unspecified atom stereocenters. The molecule has 4 rings (SSSR count). The molecule has 0 saturated carbocycles. The Labute approximate surface area is 272 Å². The number of unbranched alkanes of at least 4 members (excludes halogenated alkanes) is 1. The molecular formula is C34H46N4O7S. The van der Waals surface area contributed by atoms with Crippen LogP contribution in [-0.4, -0.2) is 68.4 Å². The summed E-state index contributed by atoms with van der Waals surface area (Å²) in [6, 6.07) is 18.5. The van der Waals surface area contributed by atoms with Crippen molar-refractivity contribution < 1.29 is 32.5 Å². The number of aliphatic hydroxyl groups is 1. The molecule has 0 spiro atoms. The highest BCUT2D eigenvalue weighted by atomic mass is 32.2. The van der Waals surface area contributed by atoms with Crippen molar-refractivity contribution >= 4 is 21.7 Å². The molecule has 1 aliphatic rings. The number of ether oxygens (including phenoxy) is 3. The fraction of sp³-hybridized carbons (Fsp3) is 0.441. The van der Waals surface area contributed by atoms with Crippen LogP contribution in [0.4, 0.5) is 10.5 Å². The first-order valence-corrected chi connectivity index (χ1v) is 17.1. The summed E-state index contributed by atoms with van der Waals surface area (Å²) in [6.07, 6.45) is 2.34. The first kappa shape index (κ1) is 34.9. The molecule has 3 aromatic carbocycles. The van der Waals surface area contributed by atoms with Crippen molar-refractivity contribution in [1.29, 1.82) is 0 Å². The number of hydrogen-bond acceptors (Lipinski definition) is 8. The van der Waals surface area contributed by atoms with Gasteiger partial charge in [0.15, 0.2) is 11.5 Å². The highest BCUT2D eigenvalue weighted by molar-refractivity contribution is 7.89. The van der Waals surface area contributed by atoms with E-state index >= 15 is 0 Å². The largest absolute Gasteiger partial charge is 0.497 e. The van der Waals surface area contributed by atoms with Gasteiger partial charge in [-0.2, -0.15) is 4.31 Å². The number of rotatable bonds is 17. The summed E-state index contributed by atoms with van der Waals surface area (Å²) >= 11 is 0. The molecule has 0 aromatic heterocycles. The van der Waals surface area contributed by atoms with Crippen LogP contribution in [0.15, 0.2) is 71.6 Å². The van der Waals surface area contributed by atoms with Gasteiger partial charge in [0.05, 0.1) is 18.6 Å². The molecule has 1 aliphatic heterocycles. The van der Waals surface area contributed by atoms with E-state index in [2.05, 4.69) is 5.32 Å². The minimum absolute atomic E-state index is 0.149. The number of urea groups is 1. The fourth-order valence-electron chi connectivity index (χ4n) is 5.21. The van der Waals surface area contributed by atoms with Crippen molar-refractivity contribution in [1.82, 2.24) is 14.5 Å². The molecule has 0 aliphatic carbocycles. The van der Waals surface area contributed by atoms with Gasteiger partial charge in [-0.1, -0.05) is 38.5 Å². The Morgan fingerprint density at radius 3 is 2.30 bits per heavy atom. The fourth-order valence-corrected chi connectivity index (χ4v) is 6.87. The number of hydrogen-bond donors (Lipinski definition) is 3. The van der Waals surface area contributed by atoms with E-state index in [0.717, 1.165) is 16.9 Å². The lowest BCUT2D eigenvalue weighted by Crippen LogP contribution is -2.43. The summed E-state index contributed by atoms with van der Waals surface area (Å²) in [4.78, 5) is 15.3. The number of nitrogens with zero attached hydrogens (tertiary/aromatic N) is 2. The van der Waals surface area contributed by atoms with Crippen LogP contribution in [-0.2, 0) is 23.1 Å². The summed E-state index contributed by atoms with van der Waals surface area (Å²) in [5.74, 6) is 2.36. The quantitative estimate of drug-likeness (QED) is 0.137. The predicted octanol–water partition coefficient (Wildman–Crippen LogP) is 4.99. The summed E-state index contributed by atoms with van der Waals surface area (Å²) < 4.78 is 44.8. The molecule has 2 amide bonds. The number of nitrogens with two attached hydrogens (primary N) is 1. The number of carbonyl (C=O) groups is 1. The maximum absolute atomic E-state index is 13.6. The van der Waals surface area contributed by atoms with Gasteiger partial charge in [0.25, 0.3) is 0 Å². The number of nitrogens with one attached hydrogen (secondary N) is 1. The molecule has 46 heavy (non-hydrogen) atoms. The zero-order valence-electron chi connectivity index (χ0n) is 26.9. The van der Waals surface area contributed by atoms with Crippen LogP contribution in [0, 0.1) is 5.92 Å². The second kappa shape index (κ2) is 16.5. The van der Waals surface area contributed by atoms with Crippen molar-refractivity contribution in [2.24, 2.45) is 5.92 Å². The SMILES string of the molecule is COc1ccc(CN(Cc2ccc3c(c2)OCO3)C(=O)NCCCC[C@@H](CO)N(CCC(C)C)S(=O)(=O)c2ccc(N)cc2)cc1. The van der Waals surface area contributed by atoms with Gasteiger partial charge < -0.3 is 35.3 Å². The molecule has 3 aromatic rings. The third-order valence-corrected chi connectivity index (χ3v) is 9.87. The van der Waals surface area contributed by atoms with Gasteiger partial charge >= 0.3 is 6.03 Å². The van der Waals surface area contributed by atoms with Crippen molar-refractivity contribution in [2.45, 2.75) is 63.6 Å². The number of amides is 2. The highest BCUT2D eigenvalue weighted by Crippen LogP contribution is 2.33. The zero-order valence-corrected chi connectivity index (χ0v) is 27.7. The Morgan fingerprint density at radius 2 is 1.63 bits per heavy atom. The van der Waals surface area contributed by atoms with E-state index in [9.17, 15) is 18.3 Å². The normalized spacial score (nSPS) is 13.2. The number of aliphatic hydroxyl groups excluding tert-OH is 1. The molecule has 4 N–H and O–H groups in total. The molecule has 0 bridgehead atoms. The highest BCUT2D eigenvalue weighted by Gasteiger charge is 2.31. The molecule has 0 radical (unpaired) electrons. The summed E-state index contributed by atoms with van der Waals surface area (Å²) in [5.41, 5.74) is 8.11. The van der Waals surface area contributed by atoms with Gasteiger partial charge in [0.2, 0.25) is 16.8 Å². The monoisotopic (exact) mass is 654 g/mol. The third-order valence-electron chi connectivity index (χ3n) is 7.90. The van der Waals surface area contributed by atoms with Crippen LogP contribution in [0.5, 0.6) is 17.2 Å². The smallest absolute Gasteiger partial charge is 0.318 e. The average molecular weight is 655 g/mol. The Balaban J connectivity index is 1.37. The van der Waals surface area contributed by atoms with Crippen LogP contribution in [0.3, 0.4) is 0 Å². The molecule has 1 heterocycles. The molecule has 0 fully saturated rings. The first-order valence-electron chi connectivity index (χ1n) is 15.6. The van der Waals surface area contributed by atoms with Crippen LogP contribution >= 0.6 is 0 Å². The topological polar surface area (TPSA) is 144 Å². The Bertz CT molecular complexity index is 1520. The van der Waals surface area contributed by atoms with Gasteiger partial charge in [-0.25, -0.2) is 13.2 Å². The van der Waals surface area contributed by atoms with Crippen molar-refractivity contribution in [3.63, 3.8) is 0 Å². The van der Waals surface area contributed by atoms with Gasteiger partial charge in [0, 0.05) is 37.9 Å². The number of fused-ring (bicyclic) bond motifs is 1. The van der Waals surface area contributed by atoms with E-state index in [1.54, 1.807) is 24.1 Å². The molecule has 11 nitrogen and oxygen atoms in total. The Hall–Kier alpha value is -4.00. The number of sulfonamides is 1. The van der Waals surface area contributed by atoms with Crippen molar-refractivity contribution in [2.75, 3.05) is 39.3 Å². The van der Waals surface area contributed by atoms with Gasteiger partial charge in [-0.3, -0.25) is 0 Å². The van der Waals surface area contributed by atoms with E-state index in [-0.39, 0.29) is 30.2 Å². The van der Waals surface area contributed by atoms with E-state index in [1.165, 1.54) is 16.4 Å². The number of carbonyl (C=O) groups excluding carboxylic acids is 1. The van der Waals surface area contributed by atoms with Crippen LogP contribution in [0.1, 0.15) is 50.7 Å². The second-order valence-electron chi connectivity index (χ2n) is 11.8. The Morgan fingerprint density at radius 1 is 0.957 bits per heavy atom. The zero-order chi connectivity index (χ0) is 33.1. The summed E-state index contributed by atoms with van der Waals surface area (Å²) in [7, 11) is -2.23. The van der Waals surface area contributed by atoms with Crippen LogP contribution in [0.2, 0.25) is 0 Å². The average Bonchev–Trinajstić information content (AvgIpc) is 3.51. The molecular weight excluding hydrogens is 608 g/mol.